The van der Waals surface area contributed by atoms with E-state index < -0.39 is 5.66 Å². The van der Waals surface area contributed by atoms with Gasteiger partial charge in [0.1, 0.15) is 10.8 Å². The minimum atomic E-state index is -0.928. The molecule has 1 atom stereocenters. The van der Waals surface area contributed by atoms with Crippen LogP contribution in [0.15, 0.2) is 66.9 Å². The number of amides is 2. The monoisotopic (exact) mass is 437 g/mol. The summed E-state index contributed by atoms with van der Waals surface area (Å²) in [6, 6.07) is 18.1. The van der Waals surface area contributed by atoms with E-state index in [1.807, 2.05) is 36.4 Å². The molecule has 30 heavy (non-hydrogen) atoms. The number of fused-ring (bicyclic) bond motifs is 2. The smallest absolute Gasteiger partial charge is 0.256 e. The van der Waals surface area contributed by atoms with Crippen molar-refractivity contribution in [2.45, 2.75) is 12.1 Å². The molecule has 3 aromatic rings. The molecular formula is C23H17Cl2N3O2. The first kappa shape index (κ1) is 19.1. The molecule has 0 spiro atoms. The fourth-order valence-corrected chi connectivity index (χ4v) is 4.86. The van der Waals surface area contributed by atoms with Crippen molar-refractivity contribution in [1.82, 2.24) is 14.8 Å². The summed E-state index contributed by atoms with van der Waals surface area (Å²) in [5, 5.41) is 0.850. The maximum absolute atomic E-state index is 13.6. The van der Waals surface area contributed by atoms with Gasteiger partial charge in [-0.2, -0.15) is 0 Å². The zero-order chi connectivity index (χ0) is 20.9. The average molecular weight is 438 g/mol. The van der Waals surface area contributed by atoms with E-state index in [4.69, 9.17) is 23.2 Å². The first-order valence-corrected chi connectivity index (χ1v) is 10.4. The number of aromatic nitrogens is 1. The van der Waals surface area contributed by atoms with Gasteiger partial charge in [-0.25, -0.2) is 4.98 Å². The van der Waals surface area contributed by atoms with E-state index in [0.29, 0.717) is 35.7 Å². The summed E-state index contributed by atoms with van der Waals surface area (Å²) >= 11 is 12.2. The molecule has 0 N–H and O–H groups in total. The van der Waals surface area contributed by atoms with Gasteiger partial charge < -0.3 is 9.80 Å². The van der Waals surface area contributed by atoms with Crippen molar-refractivity contribution < 1.29 is 9.59 Å². The van der Waals surface area contributed by atoms with E-state index in [0.717, 1.165) is 11.1 Å². The van der Waals surface area contributed by atoms with Crippen LogP contribution < -0.4 is 0 Å². The molecule has 0 saturated carbocycles. The van der Waals surface area contributed by atoms with Gasteiger partial charge in [0.05, 0.1) is 0 Å². The highest BCUT2D eigenvalue weighted by molar-refractivity contribution is 6.30. The predicted molar refractivity (Wildman–Crippen MR) is 115 cm³/mol. The van der Waals surface area contributed by atoms with Crippen LogP contribution >= 0.6 is 23.2 Å². The summed E-state index contributed by atoms with van der Waals surface area (Å²) in [7, 11) is 0. The van der Waals surface area contributed by atoms with Gasteiger partial charge in [0, 0.05) is 41.9 Å². The van der Waals surface area contributed by atoms with Crippen LogP contribution in [0, 0.1) is 0 Å². The molecule has 2 aromatic carbocycles. The number of hydrogen-bond acceptors (Lipinski definition) is 3. The van der Waals surface area contributed by atoms with Crippen LogP contribution in [-0.2, 0) is 12.1 Å². The van der Waals surface area contributed by atoms with E-state index in [-0.39, 0.29) is 17.0 Å². The summed E-state index contributed by atoms with van der Waals surface area (Å²) in [6.45, 7) is 0.863. The number of rotatable bonds is 2. The third kappa shape index (κ3) is 2.81. The third-order valence-corrected chi connectivity index (χ3v) is 6.35. The Bertz CT molecular complexity index is 1170. The summed E-state index contributed by atoms with van der Waals surface area (Å²) in [5.41, 5.74) is 1.96. The topological polar surface area (TPSA) is 53.5 Å². The van der Waals surface area contributed by atoms with E-state index in [9.17, 15) is 9.59 Å². The second kappa shape index (κ2) is 7.11. The van der Waals surface area contributed by atoms with Crippen LogP contribution in [0.25, 0.3) is 0 Å². The van der Waals surface area contributed by atoms with Crippen molar-refractivity contribution in [2.75, 3.05) is 13.1 Å². The molecule has 1 aromatic heterocycles. The molecule has 2 aliphatic rings. The molecule has 7 heteroatoms. The lowest BCUT2D eigenvalue weighted by molar-refractivity contribution is 0.00772. The van der Waals surface area contributed by atoms with E-state index in [1.165, 1.54) is 6.20 Å². The van der Waals surface area contributed by atoms with Crippen molar-refractivity contribution in [3.8, 4) is 0 Å². The summed E-state index contributed by atoms with van der Waals surface area (Å²) < 4.78 is 0. The summed E-state index contributed by atoms with van der Waals surface area (Å²) in [6.07, 6.45) is 2.01. The highest BCUT2D eigenvalue weighted by atomic mass is 35.5. The number of hydrogen-bond donors (Lipinski definition) is 0. The number of carbonyl (C=O) groups is 2. The molecule has 0 bridgehead atoms. The number of halogens is 2. The maximum atomic E-state index is 13.6. The van der Waals surface area contributed by atoms with Gasteiger partial charge in [0.2, 0.25) is 0 Å². The van der Waals surface area contributed by atoms with E-state index in [1.54, 1.807) is 34.1 Å². The molecular weight excluding hydrogens is 421 g/mol. The van der Waals surface area contributed by atoms with Gasteiger partial charge in [-0.15, -0.1) is 0 Å². The van der Waals surface area contributed by atoms with Gasteiger partial charge in [-0.1, -0.05) is 53.5 Å². The zero-order valence-electron chi connectivity index (χ0n) is 15.9. The molecule has 3 heterocycles. The highest BCUT2D eigenvalue weighted by Crippen LogP contribution is 2.45. The fraction of sp³-hybridized carbons (Fsp3) is 0.174. The fourth-order valence-electron chi connectivity index (χ4n) is 4.56. The number of carbonyl (C=O) groups excluding carboxylic acids is 2. The van der Waals surface area contributed by atoms with E-state index >= 15 is 0 Å². The largest absolute Gasteiger partial charge is 0.309 e. The number of nitrogens with zero attached hydrogens (tertiary/aromatic N) is 3. The Morgan fingerprint density at radius 1 is 1.00 bits per heavy atom. The third-order valence-electron chi connectivity index (χ3n) is 5.90. The number of benzene rings is 2. The first-order chi connectivity index (χ1) is 14.5. The van der Waals surface area contributed by atoms with Crippen molar-refractivity contribution >= 4 is 35.0 Å². The van der Waals surface area contributed by atoms with E-state index in [2.05, 4.69) is 4.98 Å². The van der Waals surface area contributed by atoms with Crippen LogP contribution in [0.5, 0.6) is 0 Å². The maximum Gasteiger partial charge on any atom is 0.256 e. The highest BCUT2D eigenvalue weighted by Gasteiger charge is 2.55. The Hall–Kier alpha value is -2.89. The Morgan fingerprint density at radius 3 is 2.53 bits per heavy atom. The van der Waals surface area contributed by atoms with Crippen LogP contribution in [0.4, 0.5) is 0 Å². The zero-order valence-corrected chi connectivity index (χ0v) is 17.4. The molecule has 5 nitrogen and oxygen atoms in total. The Kier molecular flexibility index (Phi) is 4.53. The predicted octanol–water partition coefficient (Wildman–Crippen LogP) is 4.40. The lowest BCUT2D eigenvalue weighted by atomic mass is 9.83. The Morgan fingerprint density at radius 2 is 1.77 bits per heavy atom. The Balaban J connectivity index is 1.70. The van der Waals surface area contributed by atoms with Gasteiger partial charge in [-0.05, 0) is 41.5 Å². The second-order valence-corrected chi connectivity index (χ2v) is 8.26. The van der Waals surface area contributed by atoms with Gasteiger partial charge in [0.15, 0.2) is 0 Å². The van der Waals surface area contributed by atoms with Crippen molar-refractivity contribution in [3.63, 3.8) is 0 Å². The molecule has 2 amide bonds. The van der Waals surface area contributed by atoms with Gasteiger partial charge in [0.25, 0.3) is 11.8 Å². The Labute approximate surface area is 183 Å². The molecule has 1 saturated heterocycles. The lowest BCUT2D eigenvalue weighted by Crippen LogP contribution is -2.58. The van der Waals surface area contributed by atoms with Crippen molar-refractivity contribution in [2.24, 2.45) is 0 Å². The quantitative estimate of drug-likeness (QED) is 0.558. The molecule has 1 unspecified atom stereocenters. The molecule has 5 rings (SSSR count). The molecule has 2 aliphatic heterocycles. The standard InChI is InChI=1S/C23H17Cl2N3O2/c24-18-7-5-17(6-8-18)23-14-16-3-1-2-4-19(16)22(30)28(23)12-11-27(23)21(29)15-9-10-26-20(25)13-15/h1-10,13H,11-12,14H2. The molecule has 0 radical (unpaired) electrons. The first-order valence-electron chi connectivity index (χ1n) is 9.60. The van der Waals surface area contributed by atoms with Crippen molar-refractivity contribution in [1.29, 1.82) is 0 Å². The minimum absolute atomic E-state index is 0.0742. The van der Waals surface area contributed by atoms with Crippen LogP contribution in [0.1, 0.15) is 31.8 Å². The number of pyridine rings is 1. The van der Waals surface area contributed by atoms with Crippen LogP contribution in [0.2, 0.25) is 10.2 Å². The van der Waals surface area contributed by atoms with Crippen LogP contribution in [-0.4, -0.2) is 39.7 Å². The SMILES string of the molecule is O=C(c1ccnc(Cl)c1)N1CCN2C(=O)c3ccccc3CC12c1ccc(Cl)cc1. The van der Waals surface area contributed by atoms with Crippen LogP contribution in [0.3, 0.4) is 0 Å². The van der Waals surface area contributed by atoms with Gasteiger partial charge >= 0.3 is 0 Å². The van der Waals surface area contributed by atoms with Gasteiger partial charge in [-0.3, -0.25) is 9.59 Å². The molecule has 150 valence electrons. The average Bonchev–Trinajstić information content (AvgIpc) is 3.14. The minimum Gasteiger partial charge on any atom is -0.309 e. The van der Waals surface area contributed by atoms with Crippen molar-refractivity contribution in [3.05, 3.63) is 99.3 Å². The molecule has 1 fully saturated rings. The lowest BCUT2D eigenvalue weighted by Gasteiger charge is -2.47. The summed E-state index contributed by atoms with van der Waals surface area (Å²) in [5.74, 6) is -0.265. The second-order valence-electron chi connectivity index (χ2n) is 7.44. The normalized spacial score (nSPS) is 20.1. The summed E-state index contributed by atoms with van der Waals surface area (Å²) in [4.78, 5) is 34.6. The molecule has 0 aliphatic carbocycles.